The van der Waals surface area contributed by atoms with E-state index in [2.05, 4.69) is 4.98 Å². The molecule has 0 atom stereocenters. The number of nitrogens with zero attached hydrogens (tertiary/aromatic N) is 1. The number of aromatic nitrogens is 1. The first-order chi connectivity index (χ1) is 8.14. The maximum absolute atomic E-state index is 12.4. The maximum Gasteiger partial charge on any atom is 0.433 e. The molecule has 2 nitrogen and oxygen atoms in total. The minimum Gasteiger partial charge on any atom is -0.330 e. The standard InChI is InChI=1S/C10H10F6N2/c11-9(12,13)6-4-7(2-1-3-17)18-8(5-6)10(14,15)16/h4-5H,1-3,17H2. The molecule has 0 radical (unpaired) electrons. The van der Waals surface area contributed by atoms with Gasteiger partial charge in [0.1, 0.15) is 5.69 Å². The summed E-state index contributed by atoms with van der Waals surface area (Å²) in [4.78, 5) is 3.18. The number of aryl methyl sites for hydroxylation is 1. The largest absolute Gasteiger partial charge is 0.433 e. The number of pyridine rings is 1. The van der Waals surface area contributed by atoms with Crippen molar-refractivity contribution in [3.63, 3.8) is 0 Å². The lowest BCUT2D eigenvalue weighted by Gasteiger charge is -2.13. The van der Waals surface area contributed by atoms with Gasteiger partial charge in [-0.2, -0.15) is 26.3 Å². The van der Waals surface area contributed by atoms with Gasteiger partial charge in [-0.05, 0) is 31.5 Å². The molecular formula is C10H10F6N2. The first kappa shape index (κ1) is 14.7. The van der Waals surface area contributed by atoms with Crippen molar-refractivity contribution in [3.05, 3.63) is 29.1 Å². The van der Waals surface area contributed by atoms with E-state index in [-0.39, 0.29) is 31.1 Å². The molecule has 102 valence electrons. The van der Waals surface area contributed by atoms with Crippen LogP contribution in [0.15, 0.2) is 12.1 Å². The van der Waals surface area contributed by atoms with Gasteiger partial charge in [0.2, 0.25) is 0 Å². The van der Waals surface area contributed by atoms with Crippen LogP contribution in [0.4, 0.5) is 26.3 Å². The van der Waals surface area contributed by atoms with Gasteiger partial charge in [-0.15, -0.1) is 0 Å². The third kappa shape index (κ3) is 3.86. The first-order valence-corrected chi connectivity index (χ1v) is 5.00. The van der Waals surface area contributed by atoms with E-state index in [0.29, 0.717) is 6.07 Å². The summed E-state index contributed by atoms with van der Waals surface area (Å²) in [6.07, 6.45) is -9.49. The summed E-state index contributed by atoms with van der Waals surface area (Å²) in [5, 5.41) is 0. The molecular weight excluding hydrogens is 262 g/mol. The first-order valence-electron chi connectivity index (χ1n) is 5.00. The fourth-order valence-corrected chi connectivity index (χ4v) is 1.31. The molecule has 0 aliphatic rings. The second kappa shape index (κ2) is 5.13. The van der Waals surface area contributed by atoms with E-state index in [9.17, 15) is 26.3 Å². The number of alkyl halides is 6. The Kier molecular flexibility index (Phi) is 4.20. The van der Waals surface area contributed by atoms with E-state index in [0.717, 1.165) is 0 Å². The Morgan fingerprint density at radius 3 is 2.06 bits per heavy atom. The van der Waals surface area contributed by atoms with Gasteiger partial charge >= 0.3 is 12.4 Å². The summed E-state index contributed by atoms with van der Waals surface area (Å²) < 4.78 is 74.5. The molecule has 1 aromatic heterocycles. The Balaban J connectivity index is 3.21. The molecule has 0 aliphatic heterocycles. The van der Waals surface area contributed by atoms with Gasteiger partial charge in [0.05, 0.1) is 5.56 Å². The van der Waals surface area contributed by atoms with Gasteiger partial charge in [-0.1, -0.05) is 0 Å². The number of rotatable bonds is 3. The molecule has 1 aromatic rings. The molecule has 18 heavy (non-hydrogen) atoms. The molecule has 0 fully saturated rings. The predicted molar refractivity (Wildman–Crippen MR) is 51.6 cm³/mol. The van der Waals surface area contributed by atoms with Crippen molar-refractivity contribution < 1.29 is 26.3 Å². The van der Waals surface area contributed by atoms with Crippen molar-refractivity contribution in [2.45, 2.75) is 25.2 Å². The van der Waals surface area contributed by atoms with E-state index in [4.69, 9.17) is 5.73 Å². The van der Waals surface area contributed by atoms with Crippen LogP contribution in [0.2, 0.25) is 0 Å². The zero-order valence-corrected chi connectivity index (χ0v) is 9.07. The average molecular weight is 272 g/mol. The molecule has 0 saturated carbocycles. The zero-order valence-electron chi connectivity index (χ0n) is 9.07. The van der Waals surface area contributed by atoms with Gasteiger partial charge in [0.15, 0.2) is 0 Å². The summed E-state index contributed by atoms with van der Waals surface area (Å²) in [6, 6.07) is 0.622. The van der Waals surface area contributed by atoms with E-state index in [1.54, 1.807) is 0 Å². The van der Waals surface area contributed by atoms with E-state index in [1.165, 1.54) is 0 Å². The van der Waals surface area contributed by atoms with Crippen LogP contribution in [0, 0.1) is 0 Å². The molecule has 0 aromatic carbocycles. The topological polar surface area (TPSA) is 38.9 Å². The van der Waals surface area contributed by atoms with E-state index >= 15 is 0 Å². The summed E-state index contributed by atoms with van der Waals surface area (Å²) >= 11 is 0. The van der Waals surface area contributed by atoms with Crippen molar-refractivity contribution in [1.29, 1.82) is 0 Å². The average Bonchev–Trinajstić information content (AvgIpc) is 2.23. The lowest BCUT2D eigenvalue weighted by molar-refractivity contribution is -0.145. The van der Waals surface area contributed by atoms with Crippen molar-refractivity contribution in [1.82, 2.24) is 4.98 Å². The van der Waals surface area contributed by atoms with E-state index in [1.807, 2.05) is 0 Å². The van der Waals surface area contributed by atoms with Crippen molar-refractivity contribution >= 4 is 0 Å². The minimum atomic E-state index is -4.90. The van der Waals surface area contributed by atoms with Gasteiger partial charge in [-0.3, -0.25) is 0 Å². The molecule has 1 rings (SSSR count). The Morgan fingerprint density at radius 2 is 1.61 bits per heavy atom. The van der Waals surface area contributed by atoms with Gasteiger partial charge in [0.25, 0.3) is 0 Å². The molecule has 1 heterocycles. The number of hydrogen-bond acceptors (Lipinski definition) is 2. The third-order valence-corrected chi connectivity index (χ3v) is 2.13. The van der Waals surface area contributed by atoms with Crippen LogP contribution in [-0.4, -0.2) is 11.5 Å². The second-order valence-electron chi connectivity index (χ2n) is 3.62. The summed E-state index contributed by atoms with van der Waals surface area (Å²) in [5.41, 5.74) is 2.00. The highest BCUT2D eigenvalue weighted by Gasteiger charge is 2.38. The van der Waals surface area contributed by atoms with Crippen LogP contribution in [-0.2, 0) is 18.8 Å². The molecule has 2 N–H and O–H groups in total. The van der Waals surface area contributed by atoms with Crippen LogP contribution >= 0.6 is 0 Å². The SMILES string of the molecule is NCCCc1cc(C(F)(F)F)cc(C(F)(F)F)n1. The molecule has 0 unspecified atom stereocenters. The highest BCUT2D eigenvalue weighted by molar-refractivity contribution is 5.25. The molecule has 0 aliphatic carbocycles. The molecule has 0 spiro atoms. The Bertz CT molecular complexity index is 378. The van der Waals surface area contributed by atoms with Crippen LogP contribution in [0.25, 0.3) is 0 Å². The maximum atomic E-state index is 12.4. The number of hydrogen-bond donors (Lipinski definition) is 1. The lowest BCUT2D eigenvalue weighted by Crippen LogP contribution is -2.15. The van der Waals surface area contributed by atoms with Crippen LogP contribution in [0.1, 0.15) is 23.4 Å². The molecule has 8 heteroatoms. The quantitative estimate of drug-likeness (QED) is 0.859. The predicted octanol–water partition coefficient (Wildman–Crippen LogP) is 3.01. The highest BCUT2D eigenvalue weighted by atomic mass is 19.4. The van der Waals surface area contributed by atoms with Gasteiger partial charge in [-0.25, -0.2) is 4.98 Å². The van der Waals surface area contributed by atoms with Crippen LogP contribution < -0.4 is 5.73 Å². The fraction of sp³-hybridized carbons (Fsp3) is 0.500. The monoisotopic (exact) mass is 272 g/mol. The van der Waals surface area contributed by atoms with Gasteiger partial charge in [0, 0.05) is 5.69 Å². The van der Waals surface area contributed by atoms with Crippen molar-refractivity contribution in [2.24, 2.45) is 5.73 Å². The second-order valence-corrected chi connectivity index (χ2v) is 3.62. The molecule has 0 saturated heterocycles. The number of nitrogens with two attached hydrogens (primary N) is 1. The Hall–Kier alpha value is -1.31. The van der Waals surface area contributed by atoms with Crippen molar-refractivity contribution in [3.8, 4) is 0 Å². The summed E-state index contributed by atoms with van der Waals surface area (Å²) in [6.45, 7) is 0.166. The Labute approximate surface area is 98.8 Å². The van der Waals surface area contributed by atoms with Crippen molar-refractivity contribution in [2.75, 3.05) is 6.54 Å². The Morgan fingerprint density at radius 1 is 1.00 bits per heavy atom. The van der Waals surface area contributed by atoms with Crippen LogP contribution in [0.5, 0.6) is 0 Å². The highest BCUT2D eigenvalue weighted by Crippen LogP contribution is 2.34. The van der Waals surface area contributed by atoms with E-state index < -0.39 is 23.6 Å². The molecule has 0 bridgehead atoms. The molecule has 0 amide bonds. The van der Waals surface area contributed by atoms with Gasteiger partial charge < -0.3 is 5.73 Å². The normalized spacial score (nSPS) is 12.8. The minimum absolute atomic E-state index is 0.00590. The lowest BCUT2D eigenvalue weighted by atomic mass is 10.1. The fourth-order valence-electron chi connectivity index (χ4n) is 1.31. The summed E-state index contributed by atoms with van der Waals surface area (Å²) in [5.74, 6) is 0. The number of halogens is 6. The smallest absolute Gasteiger partial charge is 0.330 e. The zero-order chi connectivity index (χ0) is 14.0. The third-order valence-electron chi connectivity index (χ3n) is 2.13. The van der Waals surface area contributed by atoms with Crippen LogP contribution in [0.3, 0.4) is 0 Å². The summed E-state index contributed by atoms with van der Waals surface area (Å²) in [7, 11) is 0.